The molecule has 0 aliphatic carbocycles. The van der Waals surface area contributed by atoms with Crippen molar-refractivity contribution in [3.63, 3.8) is 0 Å². The fraction of sp³-hybridized carbons (Fsp3) is 0.615. The van der Waals surface area contributed by atoms with Crippen molar-refractivity contribution in [1.29, 1.82) is 0 Å². The molecule has 0 bridgehead atoms. The summed E-state index contributed by atoms with van der Waals surface area (Å²) in [7, 11) is 1.82. The van der Waals surface area contributed by atoms with Crippen LogP contribution < -0.4 is 5.73 Å². The number of H-pyrrole nitrogens is 1. The third kappa shape index (κ3) is 4.35. The largest absolute Gasteiger partial charge is 0.365 e. The van der Waals surface area contributed by atoms with E-state index in [2.05, 4.69) is 18.8 Å². The highest BCUT2D eigenvalue weighted by Crippen LogP contribution is 2.10. The summed E-state index contributed by atoms with van der Waals surface area (Å²) in [5.41, 5.74) is 7.62. The number of carbonyl (C=O) groups excluding carboxylic acids is 1. The summed E-state index contributed by atoms with van der Waals surface area (Å²) in [6, 6.07) is 1.97. The van der Waals surface area contributed by atoms with Crippen LogP contribution in [-0.2, 0) is 0 Å². The van der Waals surface area contributed by atoms with Crippen LogP contribution >= 0.6 is 12.4 Å². The second-order valence-electron chi connectivity index (χ2n) is 4.94. The Bertz CT molecular complexity index is 376. The number of hydrogen-bond acceptors (Lipinski definition) is 2. The molecule has 104 valence electrons. The summed E-state index contributed by atoms with van der Waals surface area (Å²) in [6.07, 6.45) is 2.62. The van der Waals surface area contributed by atoms with E-state index in [-0.39, 0.29) is 24.4 Å². The van der Waals surface area contributed by atoms with Crippen molar-refractivity contribution in [1.82, 2.24) is 9.88 Å². The molecular formula is C13H24ClN3O. The van der Waals surface area contributed by atoms with Crippen molar-refractivity contribution < 1.29 is 4.79 Å². The normalized spacial score (nSPS) is 12.1. The monoisotopic (exact) mass is 273 g/mol. The van der Waals surface area contributed by atoms with Crippen LogP contribution in [-0.4, -0.2) is 35.4 Å². The van der Waals surface area contributed by atoms with Crippen LogP contribution in [0.3, 0.4) is 0 Å². The van der Waals surface area contributed by atoms with Gasteiger partial charge in [-0.15, -0.1) is 12.4 Å². The zero-order chi connectivity index (χ0) is 13.0. The Morgan fingerprint density at radius 2 is 2.11 bits per heavy atom. The highest BCUT2D eigenvalue weighted by molar-refractivity contribution is 5.95. The van der Waals surface area contributed by atoms with Crippen molar-refractivity contribution in [2.45, 2.75) is 33.2 Å². The number of amides is 1. The van der Waals surface area contributed by atoms with Crippen molar-refractivity contribution in [2.75, 3.05) is 13.6 Å². The van der Waals surface area contributed by atoms with E-state index in [4.69, 9.17) is 5.73 Å². The molecule has 1 atom stereocenters. The van der Waals surface area contributed by atoms with Crippen molar-refractivity contribution in [3.05, 3.63) is 23.5 Å². The number of aryl methyl sites for hydroxylation is 1. The number of aromatic amines is 1. The smallest absolute Gasteiger partial charge is 0.255 e. The third-order valence-electron chi connectivity index (χ3n) is 3.19. The van der Waals surface area contributed by atoms with Gasteiger partial charge in [0.05, 0.1) is 5.56 Å². The van der Waals surface area contributed by atoms with Crippen molar-refractivity contribution >= 4 is 18.3 Å². The minimum atomic E-state index is 0. The minimum Gasteiger partial charge on any atom is -0.365 e. The molecule has 0 fully saturated rings. The number of nitrogens with one attached hydrogen (secondary N) is 1. The van der Waals surface area contributed by atoms with Crippen LogP contribution in [0, 0.1) is 12.8 Å². The fourth-order valence-corrected chi connectivity index (χ4v) is 1.67. The van der Waals surface area contributed by atoms with Gasteiger partial charge in [-0.05, 0) is 25.3 Å². The zero-order valence-corrected chi connectivity index (χ0v) is 12.4. The first kappa shape index (κ1) is 17.0. The molecule has 0 radical (unpaired) electrons. The van der Waals surface area contributed by atoms with E-state index in [1.165, 1.54) is 0 Å². The first-order valence-electron chi connectivity index (χ1n) is 6.08. The molecule has 0 spiro atoms. The highest BCUT2D eigenvalue weighted by atomic mass is 35.5. The van der Waals surface area contributed by atoms with Gasteiger partial charge >= 0.3 is 0 Å². The standard InChI is InChI=1S/C13H23N3O.ClH/c1-9(2)12(14)6-8-16(4)13(17)11-5-7-15-10(11)3;/h5,7,9,12,15H,6,8,14H2,1-4H3;1H. The van der Waals surface area contributed by atoms with Crippen LogP contribution in [0.25, 0.3) is 0 Å². The van der Waals surface area contributed by atoms with Gasteiger partial charge in [0.15, 0.2) is 0 Å². The summed E-state index contributed by atoms with van der Waals surface area (Å²) in [5, 5.41) is 0. The molecule has 1 unspecified atom stereocenters. The molecular weight excluding hydrogens is 250 g/mol. The molecule has 18 heavy (non-hydrogen) atoms. The molecule has 0 saturated carbocycles. The molecule has 4 nitrogen and oxygen atoms in total. The van der Waals surface area contributed by atoms with Crippen LogP contribution in [0.5, 0.6) is 0 Å². The van der Waals surface area contributed by atoms with E-state index in [1.807, 2.05) is 20.0 Å². The van der Waals surface area contributed by atoms with Gasteiger partial charge in [-0.3, -0.25) is 4.79 Å². The predicted molar refractivity (Wildman–Crippen MR) is 77.2 cm³/mol. The summed E-state index contributed by atoms with van der Waals surface area (Å²) in [5.74, 6) is 0.507. The number of carbonyl (C=O) groups is 1. The molecule has 5 heteroatoms. The van der Waals surface area contributed by atoms with Gasteiger partial charge in [0.2, 0.25) is 0 Å². The number of hydrogen-bond donors (Lipinski definition) is 2. The average molecular weight is 274 g/mol. The Morgan fingerprint density at radius 1 is 1.50 bits per heavy atom. The lowest BCUT2D eigenvalue weighted by molar-refractivity contribution is 0.0788. The third-order valence-corrected chi connectivity index (χ3v) is 3.19. The number of halogens is 1. The van der Waals surface area contributed by atoms with Gasteiger partial charge < -0.3 is 15.6 Å². The van der Waals surface area contributed by atoms with Gasteiger partial charge in [-0.1, -0.05) is 13.8 Å². The van der Waals surface area contributed by atoms with Crippen LogP contribution in [0.4, 0.5) is 0 Å². The Morgan fingerprint density at radius 3 is 2.56 bits per heavy atom. The summed E-state index contributed by atoms with van der Waals surface area (Å²) >= 11 is 0. The predicted octanol–water partition coefficient (Wildman–Crippen LogP) is 2.19. The molecule has 1 aromatic rings. The van der Waals surface area contributed by atoms with E-state index in [1.54, 1.807) is 11.1 Å². The summed E-state index contributed by atoms with van der Waals surface area (Å²) < 4.78 is 0. The molecule has 1 aromatic heterocycles. The minimum absolute atomic E-state index is 0. The van der Waals surface area contributed by atoms with E-state index in [9.17, 15) is 4.79 Å². The molecule has 0 aromatic carbocycles. The molecule has 1 amide bonds. The lowest BCUT2D eigenvalue weighted by Gasteiger charge is -2.21. The maximum Gasteiger partial charge on any atom is 0.255 e. The Hall–Kier alpha value is -1.00. The van der Waals surface area contributed by atoms with E-state index >= 15 is 0 Å². The van der Waals surface area contributed by atoms with E-state index in [0.29, 0.717) is 12.5 Å². The van der Waals surface area contributed by atoms with Crippen LogP contribution in [0.1, 0.15) is 36.3 Å². The van der Waals surface area contributed by atoms with Gasteiger partial charge in [0, 0.05) is 31.5 Å². The maximum atomic E-state index is 12.1. The molecule has 3 N–H and O–H groups in total. The summed E-state index contributed by atoms with van der Waals surface area (Å²) in [6.45, 7) is 6.80. The van der Waals surface area contributed by atoms with E-state index in [0.717, 1.165) is 17.7 Å². The Balaban J connectivity index is 0.00000289. The number of rotatable bonds is 5. The first-order valence-corrected chi connectivity index (χ1v) is 6.08. The Kier molecular flexibility index (Phi) is 7.02. The second-order valence-corrected chi connectivity index (χ2v) is 4.94. The Labute approximate surface area is 115 Å². The van der Waals surface area contributed by atoms with Gasteiger partial charge in [-0.2, -0.15) is 0 Å². The molecule has 0 saturated heterocycles. The van der Waals surface area contributed by atoms with Gasteiger partial charge in [0.1, 0.15) is 0 Å². The SMILES string of the molecule is Cc1[nH]ccc1C(=O)N(C)CCC(N)C(C)C.Cl. The highest BCUT2D eigenvalue weighted by Gasteiger charge is 2.16. The molecule has 0 aliphatic heterocycles. The molecule has 1 rings (SSSR count). The topological polar surface area (TPSA) is 62.1 Å². The lowest BCUT2D eigenvalue weighted by atomic mass is 10.0. The maximum absolute atomic E-state index is 12.1. The second kappa shape index (κ2) is 7.44. The summed E-state index contributed by atoms with van der Waals surface area (Å²) in [4.78, 5) is 16.8. The van der Waals surface area contributed by atoms with Crippen LogP contribution in [0.15, 0.2) is 12.3 Å². The van der Waals surface area contributed by atoms with Gasteiger partial charge in [-0.25, -0.2) is 0 Å². The number of nitrogens with zero attached hydrogens (tertiary/aromatic N) is 1. The first-order chi connectivity index (χ1) is 7.93. The van der Waals surface area contributed by atoms with E-state index < -0.39 is 0 Å². The fourth-order valence-electron chi connectivity index (χ4n) is 1.67. The van der Waals surface area contributed by atoms with Crippen molar-refractivity contribution in [3.8, 4) is 0 Å². The van der Waals surface area contributed by atoms with Gasteiger partial charge in [0.25, 0.3) is 5.91 Å². The number of aromatic nitrogens is 1. The molecule has 1 heterocycles. The van der Waals surface area contributed by atoms with Crippen molar-refractivity contribution in [2.24, 2.45) is 11.7 Å². The average Bonchev–Trinajstić information content (AvgIpc) is 2.70. The molecule has 0 aliphatic rings. The number of nitrogens with two attached hydrogens (primary N) is 1. The zero-order valence-electron chi connectivity index (χ0n) is 11.6. The lowest BCUT2D eigenvalue weighted by Crippen LogP contribution is -2.34. The quantitative estimate of drug-likeness (QED) is 0.864. The van der Waals surface area contributed by atoms with Crippen LogP contribution in [0.2, 0.25) is 0 Å².